The molecule has 0 saturated carbocycles. The Labute approximate surface area is 102 Å². The van der Waals surface area contributed by atoms with Gasteiger partial charge in [-0.05, 0) is 0 Å². The summed E-state index contributed by atoms with van der Waals surface area (Å²) in [6.45, 7) is 8.04. The second-order valence-electron chi connectivity index (χ2n) is 3.06. The van der Waals surface area contributed by atoms with Crippen LogP contribution in [0, 0.1) is 0 Å². The molecule has 16 heavy (non-hydrogen) atoms. The molecule has 0 aromatic carbocycles. The van der Waals surface area contributed by atoms with Crippen LogP contribution in [-0.4, -0.2) is 32.4 Å². The maximum atomic E-state index is 9.94. The third kappa shape index (κ3) is 6.53. The van der Waals surface area contributed by atoms with Crippen molar-refractivity contribution in [2.45, 2.75) is 31.9 Å². The van der Waals surface area contributed by atoms with Gasteiger partial charge in [0.2, 0.25) is 0 Å². The molecule has 0 fully saturated rings. The van der Waals surface area contributed by atoms with E-state index in [1.54, 1.807) is 0 Å². The van der Waals surface area contributed by atoms with Crippen molar-refractivity contribution >= 4 is 6.08 Å². The molecule has 5 nitrogen and oxygen atoms in total. The van der Waals surface area contributed by atoms with Crippen LogP contribution >= 0.6 is 0 Å². The van der Waals surface area contributed by atoms with Crippen LogP contribution < -0.4 is 0 Å². The summed E-state index contributed by atoms with van der Waals surface area (Å²) >= 11 is -3.08. The summed E-state index contributed by atoms with van der Waals surface area (Å²) in [5.74, 6) is 0. The average Bonchev–Trinajstić information content (AvgIpc) is 2.26. The van der Waals surface area contributed by atoms with E-state index in [-0.39, 0.29) is 0 Å². The zero-order valence-electron chi connectivity index (χ0n) is 10.3. The minimum atomic E-state index is -3.08. The fourth-order valence-corrected chi connectivity index (χ4v) is 5.47. The Morgan fingerprint density at radius 3 is 1.94 bits per heavy atom. The van der Waals surface area contributed by atoms with E-state index >= 15 is 0 Å². The van der Waals surface area contributed by atoms with Crippen molar-refractivity contribution in [2.24, 2.45) is 4.99 Å². The first-order valence-electron chi connectivity index (χ1n) is 5.70. The second-order valence-corrected chi connectivity index (χ2v) is 7.32. The van der Waals surface area contributed by atoms with Crippen LogP contribution in [0.4, 0.5) is 0 Å². The van der Waals surface area contributed by atoms with Crippen LogP contribution in [0.5, 0.6) is 0 Å². The molecule has 0 aliphatic rings. The van der Waals surface area contributed by atoms with Crippen LogP contribution in [-0.2, 0) is 32.5 Å². The van der Waals surface area contributed by atoms with E-state index in [1.807, 2.05) is 20.8 Å². The standard InChI is InChI=1S/C4H6NO.3C2H5O.Ti/c1-2-3-5-4-6;3*1-2-3;/h1-3H2;3*2H2,1H3;/q;3*-1;+3. The molecule has 0 atom stereocenters. The van der Waals surface area contributed by atoms with E-state index < -0.39 is 17.8 Å². The summed E-state index contributed by atoms with van der Waals surface area (Å²) < 4.78 is 17.8. The van der Waals surface area contributed by atoms with Crippen LogP contribution in [0.15, 0.2) is 4.99 Å². The summed E-state index contributed by atoms with van der Waals surface area (Å²) in [7, 11) is 0. The first kappa shape index (κ1) is 16.0. The van der Waals surface area contributed by atoms with Crippen LogP contribution in [0.25, 0.3) is 0 Å². The molecule has 0 heterocycles. The molecular weight excluding hydrogens is 246 g/mol. The van der Waals surface area contributed by atoms with Crippen molar-refractivity contribution < 1.29 is 32.5 Å². The second kappa shape index (κ2) is 10.1. The molecule has 0 N–H and O–H groups in total. The van der Waals surface area contributed by atoms with E-state index in [4.69, 9.17) is 9.96 Å². The van der Waals surface area contributed by atoms with Gasteiger partial charge in [-0.2, -0.15) is 0 Å². The van der Waals surface area contributed by atoms with Crippen molar-refractivity contribution in [1.82, 2.24) is 0 Å². The normalized spacial score (nSPS) is 11.2. The Balaban J connectivity index is 4.27. The summed E-state index contributed by atoms with van der Waals surface area (Å²) in [5.41, 5.74) is 0. The molecule has 94 valence electrons. The predicted octanol–water partition coefficient (Wildman–Crippen LogP) is 2.14. The molecule has 0 amide bonds. The van der Waals surface area contributed by atoms with Gasteiger partial charge >= 0.3 is 102 Å². The summed E-state index contributed by atoms with van der Waals surface area (Å²) in [6, 6.07) is 0. The van der Waals surface area contributed by atoms with Crippen molar-refractivity contribution in [1.29, 1.82) is 0 Å². The molecule has 0 aliphatic carbocycles. The Morgan fingerprint density at radius 1 is 1.06 bits per heavy atom. The van der Waals surface area contributed by atoms with Gasteiger partial charge in [0.1, 0.15) is 0 Å². The van der Waals surface area contributed by atoms with Gasteiger partial charge in [-0.15, -0.1) is 0 Å². The monoisotopic (exact) mass is 267 g/mol. The molecule has 0 unspecified atom stereocenters. The molecule has 0 aromatic heterocycles. The predicted molar refractivity (Wildman–Crippen MR) is 57.3 cm³/mol. The zero-order chi connectivity index (χ0) is 12.3. The third-order valence-corrected chi connectivity index (χ3v) is 6.83. The molecule has 0 radical (unpaired) electrons. The van der Waals surface area contributed by atoms with Crippen molar-refractivity contribution in [3.05, 3.63) is 0 Å². The molecule has 0 bridgehead atoms. The summed E-state index contributed by atoms with van der Waals surface area (Å²) in [6.07, 6.45) is 2.27. The van der Waals surface area contributed by atoms with Crippen molar-refractivity contribution in [3.63, 3.8) is 0 Å². The van der Waals surface area contributed by atoms with Crippen molar-refractivity contribution in [2.75, 3.05) is 26.4 Å². The van der Waals surface area contributed by atoms with Gasteiger partial charge < -0.3 is 0 Å². The van der Waals surface area contributed by atoms with Crippen molar-refractivity contribution in [3.8, 4) is 0 Å². The van der Waals surface area contributed by atoms with Gasteiger partial charge in [0, 0.05) is 0 Å². The van der Waals surface area contributed by atoms with Gasteiger partial charge in [-0.25, -0.2) is 0 Å². The van der Waals surface area contributed by atoms with Crippen LogP contribution in [0.3, 0.4) is 0 Å². The SMILES string of the molecule is CC[O][Ti]([CH2]CCN=C=O)([O]CC)[O]CC. The van der Waals surface area contributed by atoms with Gasteiger partial charge in [0.25, 0.3) is 0 Å². The first-order valence-corrected chi connectivity index (χ1v) is 8.71. The number of hydrogen-bond acceptors (Lipinski definition) is 5. The fourth-order valence-electron chi connectivity index (χ4n) is 1.42. The topological polar surface area (TPSA) is 57.1 Å². The van der Waals surface area contributed by atoms with Crippen LogP contribution in [0.2, 0.25) is 4.73 Å². The Hall–Kier alpha value is -0.0257. The van der Waals surface area contributed by atoms with E-state index in [1.165, 1.54) is 6.08 Å². The van der Waals surface area contributed by atoms with Gasteiger partial charge in [-0.3, -0.25) is 0 Å². The van der Waals surface area contributed by atoms with E-state index in [9.17, 15) is 4.79 Å². The number of rotatable bonds is 10. The van der Waals surface area contributed by atoms with E-state index in [2.05, 4.69) is 4.99 Å². The fraction of sp³-hybridized carbons (Fsp3) is 0.900. The number of nitrogens with zero attached hydrogens (tertiary/aromatic N) is 1. The zero-order valence-corrected chi connectivity index (χ0v) is 11.9. The molecular formula is C10H21NO4Ti. The number of carbonyl (C=O) groups excluding carboxylic acids is 1. The molecule has 0 aromatic rings. The molecule has 0 saturated heterocycles. The van der Waals surface area contributed by atoms with Gasteiger partial charge in [0.05, 0.1) is 0 Å². The van der Waals surface area contributed by atoms with E-state index in [0.717, 1.165) is 11.1 Å². The Kier molecular flexibility index (Phi) is 10.1. The molecule has 0 aliphatic heterocycles. The Bertz CT molecular complexity index is 202. The van der Waals surface area contributed by atoms with Gasteiger partial charge in [0.15, 0.2) is 0 Å². The summed E-state index contributed by atoms with van der Waals surface area (Å²) in [5, 5.41) is 0. The number of hydrogen-bond donors (Lipinski definition) is 0. The third-order valence-electron chi connectivity index (χ3n) is 1.91. The average molecular weight is 267 g/mol. The molecule has 0 spiro atoms. The molecule has 0 rings (SSSR count). The number of aliphatic imine (C=N–C) groups is 1. The first-order chi connectivity index (χ1) is 7.74. The summed E-state index contributed by atoms with van der Waals surface area (Å²) in [4.78, 5) is 13.4. The Morgan fingerprint density at radius 2 is 1.56 bits per heavy atom. The quantitative estimate of drug-likeness (QED) is 0.263. The molecule has 6 heteroatoms. The minimum absolute atomic E-state index is 0.462. The van der Waals surface area contributed by atoms with E-state index in [0.29, 0.717) is 26.4 Å². The van der Waals surface area contributed by atoms with Crippen LogP contribution in [0.1, 0.15) is 27.2 Å². The number of isocyanates is 1. The maximum absolute atomic E-state index is 9.94. The van der Waals surface area contributed by atoms with Gasteiger partial charge in [-0.1, -0.05) is 0 Å².